The third kappa shape index (κ3) is 2.67. The van der Waals surface area contributed by atoms with E-state index in [1.54, 1.807) is 0 Å². The van der Waals surface area contributed by atoms with Crippen LogP contribution in [0.15, 0.2) is 0 Å². The molecule has 0 radical (unpaired) electrons. The molecule has 3 heteroatoms. The van der Waals surface area contributed by atoms with Crippen LogP contribution in [0, 0.1) is 5.41 Å². The molecule has 2 N–H and O–H groups in total. The van der Waals surface area contributed by atoms with E-state index in [4.69, 9.17) is 9.84 Å². The first kappa shape index (κ1) is 13.3. The third-order valence-electron chi connectivity index (χ3n) is 4.66. The molecule has 0 heterocycles. The number of aliphatic hydroxyl groups is 1. The molecule has 2 fully saturated rings. The minimum atomic E-state index is 0.293. The zero-order valence-corrected chi connectivity index (χ0v) is 11.1. The van der Waals surface area contributed by atoms with E-state index in [1.165, 1.54) is 38.5 Å². The maximum Gasteiger partial charge on any atom is 0.0661 e. The van der Waals surface area contributed by atoms with Crippen LogP contribution in [0.2, 0.25) is 0 Å². The first-order valence-corrected chi connectivity index (χ1v) is 7.29. The van der Waals surface area contributed by atoms with Gasteiger partial charge in [0.1, 0.15) is 0 Å². The van der Waals surface area contributed by atoms with Gasteiger partial charge >= 0.3 is 0 Å². The van der Waals surface area contributed by atoms with Crippen LogP contribution in [-0.2, 0) is 4.74 Å². The second kappa shape index (κ2) is 6.17. The van der Waals surface area contributed by atoms with Crippen LogP contribution in [0.4, 0.5) is 0 Å². The van der Waals surface area contributed by atoms with Crippen LogP contribution >= 0.6 is 0 Å². The number of nitrogens with one attached hydrogen (secondary N) is 1. The first-order valence-electron chi connectivity index (χ1n) is 7.29. The molecule has 3 nitrogen and oxygen atoms in total. The zero-order valence-electron chi connectivity index (χ0n) is 11.1. The molecule has 2 atom stereocenters. The molecule has 100 valence electrons. The maximum absolute atomic E-state index is 8.84. The van der Waals surface area contributed by atoms with E-state index in [2.05, 4.69) is 12.2 Å². The average Bonchev–Trinajstić information content (AvgIpc) is 2.38. The van der Waals surface area contributed by atoms with Crippen LogP contribution in [0.3, 0.4) is 0 Å². The first-order chi connectivity index (χ1) is 8.33. The van der Waals surface area contributed by atoms with E-state index in [0.29, 0.717) is 24.2 Å². The topological polar surface area (TPSA) is 41.5 Å². The molecule has 0 bridgehead atoms. The van der Waals surface area contributed by atoms with Gasteiger partial charge in [-0.25, -0.2) is 0 Å². The third-order valence-corrected chi connectivity index (χ3v) is 4.66. The van der Waals surface area contributed by atoms with Gasteiger partial charge in [-0.3, -0.25) is 0 Å². The van der Waals surface area contributed by atoms with Crippen LogP contribution in [-0.4, -0.2) is 37.0 Å². The molecular weight excluding hydrogens is 214 g/mol. The standard InChI is InChI=1S/C14H27NO2/c1-2-17-13-11-12(15-9-6-10-16)14(13)7-4-3-5-8-14/h12-13,15-16H,2-11H2,1H3. The van der Waals surface area contributed by atoms with Crippen LogP contribution < -0.4 is 5.32 Å². The van der Waals surface area contributed by atoms with Crippen LogP contribution in [0.5, 0.6) is 0 Å². The summed E-state index contributed by atoms with van der Waals surface area (Å²) < 4.78 is 5.92. The van der Waals surface area contributed by atoms with Gasteiger partial charge in [0.25, 0.3) is 0 Å². The van der Waals surface area contributed by atoms with E-state index in [0.717, 1.165) is 19.6 Å². The minimum Gasteiger partial charge on any atom is -0.396 e. The van der Waals surface area contributed by atoms with E-state index < -0.39 is 0 Å². The van der Waals surface area contributed by atoms with Gasteiger partial charge in [-0.1, -0.05) is 19.3 Å². The fourth-order valence-electron chi connectivity index (χ4n) is 3.70. The number of aliphatic hydroxyl groups excluding tert-OH is 1. The summed E-state index contributed by atoms with van der Waals surface area (Å²) in [4.78, 5) is 0. The van der Waals surface area contributed by atoms with Crippen molar-refractivity contribution in [2.45, 2.75) is 64.0 Å². The highest BCUT2D eigenvalue weighted by molar-refractivity contribution is 5.08. The Morgan fingerprint density at radius 3 is 2.71 bits per heavy atom. The Labute approximate surface area is 105 Å². The van der Waals surface area contributed by atoms with Crippen molar-refractivity contribution in [1.29, 1.82) is 0 Å². The summed E-state index contributed by atoms with van der Waals surface area (Å²) in [5, 5.41) is 12.5. The lowest BCUT2D eigenvalue weighted by Crippen LogP contribution is -2.64. The second-order valence-electron chi connectivity index (χ2n) is 5.56. The monoisotopic (exact) mass is 241 g/mol. The fraction of sp³-hybridized carbons (Fsp3) is 1.00. The second-order valence-corrected chi connectivity index (χ2v) is 5.56. The number of hydrogen-bond acceptors (Lipinski definition) is 3. The Balaban J connectivity index is 1.89. The number of ether oxygens (including phenoxy) is 1. The van der Waals surface area contributed by atoms with Gasteiger partial charge in [0.2, 0.25) is 0 Å². The van der Waals surface area contributed by atoms with Crippen molar-refractivity contribution in [1.82, 2.24) is 5.32 Å². The minimum absolute atomic E-state index is 0.293. The summed E-state index contributed by atoms with van der Waals surface area (Å²) in [5.74, 6) is 0. The smallest absolute Gasteiger partial charge is 0.0661 e. The van der Waals surface area contributed by atoms with Gasteiger partial charge in [-0.15, -0.1) is 0 Å². The summed E-state index contributed by atoms with van der Waals surface area (Å²) in [6.45, 7) is 4.18. The van der Waals surface area contributed by atoms with Crippen LogP contribution in [0.25, 0.3) is 0 Å². The molecule has 0 aliphatic heterocycles. The molecule has 2 saturated carbocycles. The maximum atomic E-state index is 8.84. The van der Waals surface area contributed by atoms with Gasteiger partial charge < -0.3 is 15.2 Å². The molecular formula is C14H27NO2. The molecule has 0 aromatic carbocycles. The highest BCUT2D eigenvalue weighted by Crippen LogP contribution is 2.53. The Hall–Kier alpha value is -0.120. The van der Waals surface area contributed by atoms with Gasteiger partial charge in [0.15, 0.2) is 0 Å². The van der Waals surface area contributed by atoms with Gasteiger partial charge in [-0.05, 0) is 39.2 Å². The molecule has 0 amide bonds. The number of rotatable bonds is 6. The lowest BCUT2D eigenvalue weighted by molar-refractivity contribution is -0.149. The van der Waals surface area contributed by atoms with Crippen LogP contribution in [0.1, 0.15) is 51.9 Å². The van der Waals surface area contributed by atoms with Crippen molar-refractivity contribution in [3.63, 3.8) is 0 Å². The van der Waals surface area contributed by atoms with Crippen molar-refractivity contribution in [3.8, 4) is 0 Å². The summed E-state index contributed by atoms with van der Waals surface area (Å²) >= 11 is 0. The van der Waals surface area contributed by atoms with Crippen molar-refractivity contribution in [2.24, 2.45) is 5.41 Å². The SMILES string of the molecule is CCOC1CC(NCCCO)C12CCCCC2. The molecule has 1 spiro atoms. The lowest BCUT2D eigenvalue weighted by atomic mass is 9.55. The molecule has 2 unspecified atom stereocenters. The molecule has 0 aromatic rings. The molecule has 17 heavy (non-hydrogen) atoms. The van der Waals surface area contributed by atoms with Gasteiger partial charge in [-0.2, -0.15) is 0 Å². The highest BCUT2D eigenvalue weighted by atomic mass is 16.5. The average molecular weight is 241 g/mol. The van der Waals surface area contributed by atoms with Crippen molar-refractivity contribution < 1.29 is 9.84 Å². The normalized spacial score (nSPS) is 31.4. The predicted molar refractivity (Wildman–Crippen MR) is 69.0 cm³/mol. The van der Waals surface area contributed by atoms with Crippen molar-refractivity contribution in [3.05, 3.63) is 0 Å². The van der Waals surface area contributed by atoms with Gasteiger partial charge in [0.05, 0.1) is 6.10 Å². The Morgan fingerprint density at radius 1 is 1.29 bits per heavy atom. The van der Waals surface area contributed by atoms with E-state index in [-0.39, 0.29) is 0 Å². The molecule has 2 aliphatic carbocycles. The lowest BCUT2D eigenvalue weighted by Gasteiger charge is -2.58. The van der Waals surface area contributed by atoms with E-state index >= 15 is 0 Å². The quantitative estimate of drug-likeness (QED) is 0.700. The van der Waals surface area contributed by atoms with E-state index in [9.17, 15) is 0 Å². The largest absolute Gasteiger partial charge is 0.396 e. The summed E-state index contributed by atoms with van der Waals surface area (Å²) in [5.41, 5.74) is 0.420. The fourth-order valence-corrected chi connectivity index (χ4v) is 3.70. The predicted octanol–water partition coefficient (Wildman–Crippen LogP) is 2.09. The highest BCUT2D eigenvalue weighted by Gasteiger charge is 2.55. The van der Waals surface area contributed by atoms with Gasteiger partial charge in [0, 0.05) is 24.7 Å². The summed E-state index contributed by atoms with van der Waals surface area (Å²) in [6.07, 6.45) is 9.29. The Bertz CT molecular complexity index is 224. The van der Waals surface area contributed by atoms with Crippen molar-refractivity contribution >= 4 is 0 Å². The molecule has 2 aliphatic rings. The summed E-state index contributed by atoms with van der Waals surface area (Å²) in [7, 11) is 0. The number of hydrogen-bond donors (Lipinski definition) is 2. The molecule has 0 saturated heterocycles. The zero-order chi connectivity index (χ0) is 12.1. The van der Waals surface area contributed by atoms with Crippen molar-refractivity contribution in [2.75, 3.05) is 19.8 Å². The van der Waals surface area contributed by atoms with E-state index in [1.807, 2.05) is 0 Å². The molecule has 0 aromatic heterocycles. The Kier molecular flexibility index (Phi) is 4.83. The Morgan fingerprint density at radius 2 is 2.06 bits per heavy atom. The molecule has 2 rings (SSSR count). The summed E-state index contributed by atoms with van der Waals surface area (Å²) in [6, 6.07) is 0.630.